The Morgan fingerprint density at radius 2 is 1.70 bits per heavy atom. The van der Waals surface area contributed by atoms with Crippen LogP contribution in [0.15, 0.2) is 53.7 Å². The minimum absolute atomic E-state index is 0. The van der Waals surface area contributed by atoms with Crippen molar-refractivity contribution in [3.8, 4) is 0 Å². The summed E-state index contributed by atoms with van der Waals surface area (Å²) in [5, 5.41) is 7.30. The van der Waals surface area contributed by atoms with E-state index in [-0.39, 0.29) is 35.6 Å². The number of halogens is 3. The molecule has 0 aliphatic rings. The highest BCUT2D eigenvalue weighted by molar-refractivity contribution is 14.0. The third-order valence-corrected chi connectivity index (χ3v) is 4.28. The fourth-order valence-electron chi connectivity index (χ4n) is 2.91. The van der Waals surface area contributed by atoms with Crippen LogP contribution in [-0.2, 0) is 12.8 Å². The first-order valence-corrected chi connectivity index (χ1v) is 8.61. The third kappa shape index (κ3) is 5.66. The van der Waals surface area contributed by atoms with Gasteiger partial charge in [0.05, 0.1) is 0 Å². The summed E-state index contributed by atoms with van der Waals surface area (Å²) in [5.41, 5.74) is 2.65. The lowest BCUT2D eigenvalue weighted by atomic mass is 10.1. The van der Waals surface area contributed by atoms with Crippen LogP contribution in [0.25, 0.3) is 10.9 Å². The lowest BCUT2D eigenvalue weighted by Gasteiger charge is -2.12. The van der Waals surface area contributed by atoms with Gasteiger partial charge in [0, 0.05) is 37.2 Å². The summed E-state index contributed by atoms with van der Waals surface area (Å²) in [7, 11) is 1.69. The van der Waals surface area contributed by atoms with Gasteiger partial charge < -0.3 is 15.6 Å². The monoisotopic (exact) mass is 484 g/mol. The van der Waals surface area contributed by atoms with Crippen molar-refractivity contribution in [2.75, 3.05) is 20.1 Å². The highest BCUT2D eigenvalue weighted by atomic mass is 127. The lowest BCUT2D eigenvalue weighted by molar-refractivity contribution is 0.606. The standard InChI is InChI=1S/C20H22F2N4.HI/c1-23-20(24-10-8-14-4-2-3-5-18(14)22)25-11-9-15-13-26-19-7-6-16(21)12-17(15)19;/h2-7,12-13,26H,8-11H2,1H3,(H2,23,24,25);1H. The predicted molar refractivity (Wildman–Crippen MR) is 117 cm³/mol. The molecule has 1 heterocycles. The number of rotatable bonds is 6. The first-order valence-electron chi connectivity index (χ1n) is 8.61. The van der Waals surface area contributed by atoms with Crippen molar-refractivity contribution < 1.29 is 8.78 Å². The van der Waals surface area contributed by atoms with Gasteiger partial charge >= 0.3 is 0 Å². The number of guanidine groups is 1. The topological polar surface area (TPSA) is 52.2 Å². The van der Waals surface area contributed by atoms with E-state index in [1.54, 1.807) is 31.3 Å². The maximum atomic E-state index is 13.6. The number of aliphatic imine (C=N–C) groups is 1. The van der Waals surface area contributed by atoms with Gasteiger partial charge in [0.25, 0.3) is 0 Å². The van der Waals surface area contributed by atoms with Crippen LogP contribution in [0.2, 0.25) is 0 Å². The van der Waals surface area contributed by atoms with Gasteiger partial charge in [-0.05, 0) is 48.2 Å². The molecule has 0 aliphatic carbocycles. The lowest BCUT2D eigenvalue weighted by Crippen LogP contribution is -2.39. The summed E-state index contributed by atoms with van der Waals surface area (Å²) in [6.07, 6.45) is 3.22. The SMILES string of the molecule is CN=C(NCCc1ccccc1F)NCCc1c[nH]c2ccc(F)cc12.I. The average Bonchev–Trinajstić information content (AvgIpc) is 3.04. The second-order valence-electron chi connectivity index (χ2n) is 6.02. The molecule has 27 heavy (non-hydrogen) atoms. The van der Waals surface area contributed by atoms with Crippen molar-refractivity contribution in [2.45, 2.75) is 12.8 Å². The summed E-state index contributed by atoms with van der Waals surface area (Å²) in [6.45, 7) is 1.24. The minimum atomic E-state index is -0.239. The number of hydrogen-bond donors (Lipinski definition) is 3. The van der Waals surface area contributed by atoms with Crippen molar-refractivity contribution in [1.29, 1.82) is 0 Å². The quantitative estimate of drug-likeness (QED) is 0.282. The molecule has 144 valence electrons. The van der Waals surface area contributed by atoms with Crippen molar-refractivity contribution in [1.82, 2.24) is 15.6 Å². The van der Waals surface area contributed by atoms with Gasteiger partial charge in [0.1, 0.15) is 11.6 Å². The molecule has 1 aromatic heterocycles. The van der Waals surface area contributed by atoms with Crippen molar-refractivity contribution in [3.05, 3.63) is 71.4 Å². The minimum Gasteiger partial charge on any atom is -0.361 e. The molecule has 3 rings (SSSR count). The van der Waals surface area contributed by atoms with Crippen LogP contribution >= 0.6 is 24.0 Å². The number of hydrogen-bond acceptors (Lipinski definition) is 1. The molecule has 0 aliphatic heterocycles. The number of fused-ring (bicyclic) bond motifs is 1. The third-order valence-electron chi connectivity index (χ3n) is 4.28. The van der Waals surface area contributed by atoms with Crippen LogP contribution in [0.1, 0.15) is 11.1 Å². The molecule has 4 nitrogen and oxygen atoms in total. The van der Waals surface area contributed by atoms with E-state index >= 15 is 0 Å². The number of H-pyrrole nitrogens is 1. The van der Waals surface area contributed by atoms with Crippen LogP contribution in [0.5, 0.6) is 0 Å². The molecule has 3 N–H and O–H groups in total. The fourth-order valence-corrected chi connectivity index (χ4v) is 2.91. The maximum absolute atomic E-state index is 13.6. The van der Waals surface area contributed by atoms with Crippen LogP contribution < -0.4 is 10.6 Å². The maximum Gasteiger partial charge on any atom is 0.190 e. The fraction of sp³-hybridized carbons (Fsp3) is 0.250. The Bertz CT molecular complexity index is 908. The molecule has 0 amide bonds. The van der Waals surface area contributed by atoms with Crippen molar-refractivity contribution >= 4 is 40.8 Å². The molecule has 3 aromatic rings. The Labute approximate surface area is 174 Å². The molecule has 0 spiro atoms. The van der Waals surface area contributed by atoms with Gasteiger partial charge in [-0.25, -0.2) is 8.78 Å². The summed E-state index contributed by atoms with van der Waals surface area (Å²) in [6, 6.07) is 11.5. The van der Waals surface area contributed by atoms with E-state index in [0.29, 0.717) is 31.0 Å². The number of aromatic amines is 1. The van der Waals surface area contributed by atoms with E-state index in [4.69, 9.17) is 0 Å². The molecule has 2 aromatic carbocycles. The molecule has 0 atom stereocenters. The normalized spacial score (nSPS) is 11.3. The number of nitrogens with zero attached hydrogens (tertiary/aromatic N) is 1. The zero-order chi connectivity index (χ0) is 18.4. The second kappa shape index (κ2) is 10.2. The Morgan fingerprint density at radius 3 is 2.41 bits per heavy atom. The highest BCUT2D eigenvalue weighted by Crippen LogP contribution is 2.19. The predicted octanol–water partition coefficient (Wildman–Crippen LogP) is 4.01. The molecule has 0 unspecified atom stereocenters. The van der Waals surface area contributed by atoms with Gasteiger partial charge in [0.2, 0.25) is 0 Å². The number of nitrogens with one attached hydrogen (secondary N) is 3. The summed E-state index contributed by atoms with van der Waals surface area (Å²) < 4.78 is 27.0. The van der Waals surface area contributed by atoms with Gasteiger partial charge in [-0.3, -0.25) is 4.99 Å². The summed E-state index contributed by atoms with van der Waals surface area (Å²) >= 11 is 0. The molecular weight excluding hydrogens is 461 g/mol. The van der Waals surface area contributed by atoms with E-state index in [0.717, 1.165) is 22.9 Å². The smallest absolute Gasteiger partial charge is 0.190 e. The van der Waals surface area contributed by atoms with Gasteiger partial charge in [0.15, 0.2) is 5.96 Å². The molecule has 0 radical (unpaired) electrons. The Kier molecular flexibility index (Phi) is 8.02. The zero-order valence-electron chi connectivity index (χ0n) is 15.1. The van der Waals surface area contributed by atoms with Crippen molar-refractivity contribution in [3.63, 3.8) is 0 Å². The van der Waals surface area contributed by atoms with E-state index < -0.39 is 0 Å². The molecule has 7 heteroatoms. The molecule has 0 bridgehead atoms. The largest absolute Gasteiger partial charge is 0.361 e. The van der Waals surface area contributed by atoms with Gasteiger partial charge in [-0.2, -0.15) is 0 Å². The summed E-state index contributed by atoms with van der Waals surface area (Å²) in [5.74, 6) is 0.230. The first-order chi connectivity index (χ1) is 12.7. The molecular formula is C20H23F2IN4. The Morgan fingerprint density at radius 1 is 1.00 bits per heavy atom. The van der Waals surface area contributed by atoms with Gasteiger partial charge in [-0.1, -0.05) is 18.2 Å². The Hall–Kier alpha value is -2.16. The van der Waals surface area contributed by atoms with E-state index in [1.165, 1.54) is 12.1 Å². The van der Waals surface area contributed by atoms with Crippen LogP contribution in [0, 0.1) is 11.6 Å². The Balaban J connectivity index is 0.00000261. The zero-order valence-corrected chi connectivity index (χ0v) is 17.4. The highest BCUT2D eigenvalue weighted by Gasteiger charge is 2.06. The number of benzene rings is 2. The molecule has 0 fully saturated rings. The van der Waals surface area contributed by atoms with E-state index in [2.05, 4.69) is 20.6 Å². The molecule has 0 saturated carbocycles. The van der Waals surface area contributed by atoms with Crippen LogP contribution in [0.4, 0.5) is 8.78 Å². The first kappa shape index (κ1) is 21.1. The van der Waals surface area contributed by atoms with E-state index in [1.807, 2.05) is 12.3 Å². The van der Waals surface area contributed by atoms with Gasteiger partial charge in [-0.15, -0.1) is 24.0 Å². The second-order valence-corrected chi connectivity index (χ2v) is 6.02. The number of aromatic nitrogens is 1. The van der Waals surface area contributed by atoms with Crippen molar-refractivity contribution in [2.24, 2.45) is 4.99 Å². The van der Waals surface area contributed by atoms with Crippen LogP contribution in [0.3, 0.4) is 0 Å². The molecule has 0 saturated heterocycles. The average molecular weight is 484 g/mol. The van der Waals surface area contributed by atoms with E-state index in [9.17, 15) is 8.78 Å². The summed E-state index contributed by atoms with van der Waals surface area (Å²) in [4.78, 5) is 7.32. The van der Waals surface area contributed by atoms with Crippen LogP contribution in [-0.4, -0.2) is 31.1 Å².